The molecule has 0 aliphatic rings. The van der Waals surface area contributed by atoms with Crippen molar-refractivity contribution >= 4 is 5.65 Å². The van der Waals surface area contributed by atoms with E-state index in [4.69, 9.17) is 5.26 Å². The molecule has 1 atom stereocenters. The SMILES string of the molecule is CC(NCc1cccc(C#N)c1)c1nnc2ccccn12. The van der Waals surface area contributed by atoms with Crippen LogP contribution in [0.5, 0.6) is 0 Å². The van der Waals surface area contributed by atoms with E-state index in [2.05, 4.69) is 28.5 Å². The van der Waals surface area contributed by atoms with Gasteiger partial charge in [-0.05, 0) is 36.8 Å². The van der Waals surface area contributed by atoms with Crippen LogP contribution in [0.3, 0.4) is 0 Å². The summed E-state index contributed by atoms with van der Waals surface area (Å²) in [4.78, 5) is 0. The van der Waals surface area contributed by atoms with Gasteiger partial charge in [0.2, 0.25) is 0 Å². The van der Waals surface area contributed by atoms with E-state index in [0.29, 0.717) is 12.1 Å². The number of fused-ring (bicyclic) bond motifs is 1. The fourth-order valence-electron chi connectivity index (χ4n) is 2.27. The number of hydrogen-bond acceptors (Lipinski definition) is 4. The number of nitrogens with zero attached hydrogens (tertiary/aromatic N) is 4. The quantitative estimate of drug-likeness (QED) is 0.795. The average Bonchev–Trinajstić information content (AvgIpc) is 2.97. The van der Waals surface area contributed by atoms with Gasteiger partial charge in [0.15, 0.2) is 11.5 Å². The van der Waals surface area contributed by atoms with Gasteiger partial charge in [0.1, 0.15) is 0 Å². The molecule has 0 saturated heterocycles. The molecule has 0 aliphatic heterocycles. The zero-order chi connectivity index (χ0) is 14.7. The monoisotopic (exact) mass is 277 g/mol. The fourth-order valence-corrected chi connectivity index (χ4v) is 2.27. The van der Waals surface area contributed by atoms with Crippen molar-refractivity contribution in [3.63, 3.8) is 0 Å². The summed E-state index contributed by atoms with van der Waals surface area (Å²) in [5.41, 5.74) is 2.59. The lowest BCUT2D eigenvalue weighted by atomic mass is 10.1. The Morgan fingerprint density at radius 3 is 3.00 bits per heavy atom. The lowest BCUT2D eigenvalue weighted by molar-refractivity contribution is 0.541. The molecule has 0 amide bonds. The van der Waals surface area contributed by atoms with Gasteiger partial charge in [-0.15, -0.1) is 10.2 Å². The van der Waals surface area contributed by atoms with Crippen molar-refractivity contribution in [3.8, 4) is 6.07 Å². The second kappa shape index (κ2) is 5.73. The molecule has 3 rings (SSSR count). The Balaban J connectivity index is 1.74. The Kier molecular flexibility index (Phi) is 3.63. The van der Waals surface area contributed by atoms with E-state index in [9.17, 15) is 0 Å². The number of nitriles is 1. The van der Waals surface area contributed by atoms with Crippen LogP contribution < -0.4 is 5.32 Å². The summed E-state index contributed by atoms with van der Waals surface area (Å²) in [6, 6.07) is 15.6. The maximum Gasteiger partial charge on any atom is 0.160 e. The molecule has 5 nitrogen and oxygen atoms in total. The lowest BCUT2D eigenvalue weighted by Gasteiger charge is -2.12. The van der Waals surface area contributed by atoms with E-state index in [1.54, 1.807) is 6.07 Å². The molecule has 0 spiro atoms. The van der Waals surface area contributed by atoms with Crippen LogP contribution in [0.1, 0.15) is 29.9 Å². The Morgan fingerprint density at radius 2 is 2.14 bits per heavy atom. The highest BCUT2D eigenvalue weighted by Gasteiger charge is 2.12. The van der Waals surface area contributed by atoms with Crippen LogP contribution in [-0.2, 0) is 6.54 Å². The predicted octanol–water partition coefficient (Wildman–Crippen LogP) is 2.45. The first-order valence-corrected chi connectivity index (χ1v) is 6.80. The standard InChI is InChI=1S/C16H15N5/c1-12(16-20-19-15-7-2-3-8-21(15)16)18-11-14-6-4-5-13(9-14)10-17/h2-9,12,18H,11H2,1H3. The summed E-state index contributed by atoms with van der Waals surface area (Å²) in [6.07, 6.45) is 1.96. The topological polar surface area (TPSA) is 66.0 Å². The van der Waals surface area contributed by atoms with Crippen LogP contribution >= 0.6 is 0 Å². The van der Waals surface area contributed by atoms with Crippen molar-refractivity contribution in [1.29, 1.82) is 5.26 Å². The second-order valence-electron chi connectivity index (χ2n) is 4.90. The largest absolute Gasteiger partial charge is 0.303 e. The van der Waals surface area contributed by atoms with Gasteiger partial charge in [-0.1, -0.05) is 18.2 Å². The number of rotatable bonds is 4. The summed E-state index contributed by atoms with van der Waals surface area (Å²) in [7, 11) is 0. The average molecular weight is 277 g/mol. The van der Waals surface area contributed by atoms with E-state index in [0.717, 1.165) is 17.0 Å². The molecule has 104 valence electrons. The molecule has 1 N–H and O–H groups in total. The van der Waals surface area contributed by atoms with Gasteiger partial charge in [-0.25, -0.2) is 0 Å². The minimum Gasteiger partial charge on any atom is -0.303 e. The van der Waals surface area contributed by atoms with Crippen LogP contribution in [0.15, 0.2) is 48.7 Å². The number of aromatic nitrogens is 3. The van der Waals surface area contributed by atoms with E-state index in [1.165, 1.54) is 0 Å². The Labute approximate surface area is 122 Å². The van der Waals surface area contributed by atoms with E-state index in [-0.39, 0.29) is 6.04 Å². The predicted molar refractivity (Wildman–Crippen MR) is 79.4 cm³/mol. The van der Waals surface area contributed by atoms with Crippen molar-refractivity contribution in [1.82, 2.24) is 19.9 Å². The van der Waals surface area contributed by atoms with Gasteiger partial charge in [0, 0.05) is 12.7 Å². The number of benzene rings is 1. The maximum atomic E-state index is 8.92. The first-order chi connectivity index (χ1) is 10.3. The summed E-state index contributed by atoms with van der Waals surface area (Å²) < 4.78 is 1.98. The van der Waals surface area contributed by atoms with Crippen molar-refractivity contribution in [3.05, 3.63) is 65.6 Å². The van der Waals surface area contributed by atoms with Crippen molar-refractivity contribution in [2.24, 2.45) is 0 Å². The molecule has 5 heteroatoms. The highest BCUT2D eigenvalue weighted by Crippen LogP contribution is 2.13. The van der Waals surface area contributed by atoms with Crippen LogP contribution in [0.25, 0.3) is 5.65 Å². The first-order valence-electron chi connectivity index (χ1n) is 6.80. The molecule has 1 unspecified atom stereocenters. The summed E-state index contributed by atoms with van der Waals surface area (Å²) >= 11 is 0. The van der Waals surface area contributed by atoms with Crippen molar-refractivity contribution in [2.75, 3.05) is 0 Å². The minimum absolute atomic E-state index is 0.0631. The maximum absolute atomic E-state index is 8.92. The lowest BCUT2D eigenvalue weighted by Crippen LogP contribution is -2.20. The Hall–Kier alpha value is -2.71. The van der Waals surface area contributed by atoms with Gasteiger partial charge < -0.3 is 5.32 Å². The highest BCUT2D eigenvalue weighted by atomic mass is 15.3. The molecule has 0 bridgehead atoms. The number of hydrogen-bond donors (Lipinski definition) is 1. The van der Waals surface area contributed by atoms with Crippen LogP contribution in [-0.4, -0.2) is 14.6 Å². The third-order valence-electron chi connectivity index (χ3n) is 3.40. The molecule has 0 aliphatic carbocycles. The van der Waals surface area contributed by atoms with Crippen molar-refractivity contribution in [2.45, 2.75) is 19.5 Å². The fraction of sp³-hybridized carbons (Fsp3) is 0.188. The zero-order valence-corrected chi connectivity index (χ0v) is 11.7. The molecule has 0 saturated carbocycles. The summed E-state index contributed by atoms with van der Waals surface area (Å²) in [6.45, 7) is 2.73. The van der Waals surface area contributed by atoms with Gasteiger partial charge in [-0.3, -0.25) is 4.40 Å². The molecule has 1 aromatic carbocycles. The number of nitrogens with one attached hydrogen (secondary N) is 1. The highest BCUT2D eigenvalue weighted by molar-refractivity contribution is 5.37. The molecular formula is C16H15N5. The molecule has 0 radical (unpaired) electrons. The Morgan fingerprint density at radius 1 is 1.24 bits per heavy atom. The smallest absolute Gasteiger partial charge is 0.160 e. The third-order valence-corrected chi connectivity index (χ3v) is 3.40. The third kappa shape index (κ3) is 2.76. The summed E-state index contributed by atoms with van der Waals surface area (Å²) in [5.74, 6) is 0.877. The normalized spacial score (nSPS) is 12.2. The van der Waals surface area contributed by atoms with E-state index < -0.39 is 0 Å². The molecule has 0 fully saturated rings. The second-order valence-corrected chi connectivity index (χ2v) is 4.90. The first kappa shape index (κ1) is 13.3. The molecule has 2 aromatic heterocycles. The van der Waals surface area contributed by atoms with Gasteiger partial charge in [0.05, 0.1) is 17.7 Å². The summed E-state index contributed by atoms with van der Waals surface area (Å²) in [5, 5.41) is 20.7. The number of pyridine rings is 1. The van der Waals surface area contributed by atoms with Crippen molar-refractivity contribution < 1.29 is 0 Å². The Bertz CT molecular complexity index is 800. The minimum atomic E-state index is 0.0631. The van der Waals surface area contributed by atoms with Crippen LogP contribution in [0, 0.1) is 11.3 Å². The van der Waals surface area contributed by atoms with Gasteiger partial charge in [-0.2, -0.15) is 5.26 Å². The zero-order valence-electron chi connectivity index (χ0n) is 11.7. The molecule has 2 heterocycles. The van der Waals surface area contributed by atoms with Gasteiger partial charge in [0.25, 0.3) is 0 Å². The molecule has 3 aromatic rings. The van der Waals surface area contributed by atoms with Crippen LogP contribution in [0.2, 0.25) is 0 Å². The van der Waals surface area contributed by atoms with Crippen LogP contribution in [0.4, 0.5) is 0 Å². The molecular weight excluding hydrogens is 262 g/mol. The van der Waals surface area contributed by atoms with Gasteiger partial charge >= 0.3 is 0 Å². The van der Waals surface area contributed by atoms with E-state index >= 15 is 0 Å². The molecule has 21 heavy (non-hydrogen) atoms. The van der Waals surface area contributed by atoms with E-state index in [1.807, 2.05) is 47.0 Å².